The van der Waals surface area contributed by atoms with E-state index < -0.39 is 0 Å². The first-order valence-corrected chi connectivity index (χ1v) is 7.43. The van der Waals surface area contributed by atoms with E-state index in [1.165, 1.54) is 7.11 Å². The van der Waals surface area contributed by atoms with Gasteiger partial charge in [-0.15, -0.1) is 0 Å². The Morgan fingerprint density at radius 1 is 1.18 bits per heavy atom. The summed E-state index contributed by atoms with van der Waals surface area (Å²) in [6, 6.07) is 3.35. The van der Waals surface area contributed by atoms with Crippen molar-refractivity contribution in [1.82, 2.24) is 4.90 Å². The summed E-state index contributed by atoms with van der Waals surface area (Å²) >= 11 is 0. The number of piperidine rings is 1. The van der Waals surface area contributed by atoms with Crippen LogP contribution in [-0.2, 0) is 0 Å². The van der Waals surface area contributed by atoms with Crippen molar-refractivity contribution in [2.75, 3.05) is 41.0 Å². The molecule has 0 saturated carbocycles. The molecule has 1 fully saturated rings. The zero-order valence-electron chi connectivity index (χ0n) is 13.4. The number of rotatable bonds is 5. The monoisotopic (exact) mass is 308 g/mol. The number of benzene rings is 1. The topological polar surface area (TPSA) is 74.0 Å². The van der Waals surface area contributed by atoms with Crippen molar-refractivity contribution in [1.29, 1.82) is 0 Å². The molecule has 2 rings (SSSR count). The third kappa shape index (κ3) is 3.27. The molecule has 1 saturated heterocycles. The highest BCUT2D eigenvalue weighted by atomic mass is 16.5. The van der Waals surface area contributed by atoms with Crippen molar-refractivity contribution in [3.8, 4) is 17.2 Å². The van der Waals surface area contributed by atoms with E-state index in [0.29, 0.717) is 41.8 Å². The third-order valence-electron chi connectivity index (χ3n) is 4.08. The van der Waals surface area contributed by atoms with E-state index in [0.717, 1.165) is 19.4 Å². The van der Waals surface area contributed by atoms with E-state index in [2.05, 4.69) is 0 Å². The number of amides is 1. The van der Waals surface area contributed by atoms with Gasteiger partial charge in [-0.25, -0.2) is 0 Å². The van der Waals surface area contributed by atoms with Crippen LogP contribution in [0.5, 0.6) is 17.2 Å². The van der Waals surface area contributed by atoms with Crippen molar-refractivity contribution in [2.45, 2.75) is 12.8 Å². The minimum absolute atomic E-state index is 0.0593. The van der Waals surface area contributed by atoms with Crippen molar-refractivity contribution in [2.24, 2.45) is 11.7 Å². The van der Waals surface area contributed by atoms with Crippen LogP contribution in [0.2, 0.25) is 0 Å². The van der Waals surface area contributed by atoms with Gasteiger partial charge < -0.3 is 24.8 Å². The molecule has 0 aromatic heterocycles. The lowest BCUT2D eigenvalue weighted by molar-refractivity contribution is 0.0674. The molecule has 6 heteroatoms. The molecule has 122 valence electrons. The van der Waals surface area contributed by atoms with Gasteiger partial charge in [0.15, 0.2) is 11.5 Å². The van der Waals surface area contributed by atoms with Gasteiger partial charge in [0.2, 0.25) is 0 Å². The number of nitrogens with two attached hydrogens (primary N) is 1. The quantitative estimate of drug-likeness (QED) is 0.893. The smallest absolute Gasteiger partial charge is 0.257 e. The summed E-state index contributed by atoms with van der Waals surface area (Å²) < 4.78 is 15.9. The molecule has 1 heterocycles. The highest BCUT2D eigenvalue weighted by Crippen LogP contribution is 2.35. The highest BCUT2D eigenvalue weighted by molar-refractivity contribution is 5.98. The summed E-state index contributed by atoms with van der Waals surface area (Å²) in [5.74, 6) is 1.84. The van der Waals surface area contributed by atoms with Gasteiger partial charge in [-0.3, -0.25) is 4.79 Å². The molecule has 0 radical (unpaired) electrons. The molecule has 0 bridgehead atoms. The number of hydrogen-bond donors (Lipinski definition) is 1. The van der Waals surface area contributed by atoms with Crippen LogP contribution in [0.4, 0.5) is 0 Å². The Hall–Kier alpha value is -1.95. The fourth-order valence-electron chi connectivity index (χ4n) is 2.81. The second kappa shape index (κ2) is 7.35. The van der Waals surface area contributed by atoms with Gasteiger partial charge in [-0.1, -0.05) is 0 Å². The molecule has 0 aliphatic carbocycles. The van der Waals surface area contributed by atoms with Crippen molar-refractivity contribution in [3.05, 3.63) is 17.7 Å². The van der Waals surface area contributed by atoms with E-state index in [4.69, 9.17) is 19.9 Å². The lowest BCUT2D eigenvalue weighted by Gasteiger charge is -2.32. The standard InChI is InChI=1S/C16H24N2O4/c1-20-13-8-15(22-3)14(21-2)7-12(13)16(19)18-6-4-5-11(9-17)10-18/h7-8,11H,4-6,9-10,17H2,1-3H3. The van der Waals surface area contributed by atoms with E-state index in [1.807, 2.05) is 4.90 Å². The third-order valence-corrected chi connectivity index (χ3v) is 4.08. The Balaban J connectivity index is 2.31. The largest absolute Gasteiger partial charge is 0.496 e. The average Bonchev–Trinajstić information content (AvgIpc) is 2.59. The van der Waals surface area contributed by atoms with Crippen molar-refractivity contribution < 1.29 is 19.0 Å². The predicted molar refractivity (Wildman–Crippen MR) is 83.8 cm³/mol. The van der Waals surface area contributed by atoms with E-state index in [1.54, 1.807) is 26.4 Å². The summed E-state index contributed by atoms with van der Waals surface area (Å²) in [5.41, 5.74) is 6.23. The zero-order valence-corrected chi connectivity index (χ0v) is 13.4. The SMILES string of the molecule is COc1cc(OC)c(C(=O)N2CCCC(CN)C2)cc1OC. The fraction of sp³-hybridized carbons (Fsp3) is 0.562. The van der Waals surface area contributed by atoms with Crippen LogP contribution in [0.1, 0.15) is 23.2 Å². The number of hydrogen-bond acceptors (Lipinski definition) is 5. The second-order valence-electron chi connectivity index (χ2n) is 5.40. The van der Waals surface area contributed by atoms with Gasteiger partial charge >= 0.3 is 0 Å². The molecule has 6 nitrogen and oxygen atoms in total. The molecule has 1 amide bonds. The first-order chi connectivity index (χ1) is 10.6. The van der Waals surface area contributed by atoms with Gasteiger partial charge in [-0.05, 0) is 25.3 Å². The number of nitrogens with zero attached hydrogens (tertiary/aromatic N) is 1. The average molecular weight is 308 g/mol. The molecule has 1 unspecified atom stereocenters. The Labute approximate surface area is 131 Å². The first kappa shape index (κ1) is 16.4. The minimum Gasteiger partial charge on any atom is -0.496 e. The molecular formula is C16H24N2O4. The van der Waals surface area contributed by atoms with Crippen LogP contribution in [0.15, 0.2) is 12.1 Å². The lowest BCUT2D eigenvalue weighted by Crippen LogP contribution is -2.42. The number of likely N-dealkylation sites (tertiary alicyclic amines) is 1. The van der Waals surface area contributed by atoms with Crippen LogP contribution in [0, 0.1) is 5.92 Å². The molecule has 1 aromatic rings. The normalized spacial score (nSPS) is 18.0. The lowest BCUT2D eigenvalue weighted by atomic mass is 9.97. The van der Waals surface area contributed by atoms with Gasteiger partial charge in [0.05, 0.1) is 26.9 Å². The maximum absolute atomic E-state index is 12.8. The summed E-state index contributed by atoms with van der Waals surface area (Å²) in [6.07, 6.45) is 2.05. The number of methoxy groups -OCH3 is 3. The van der Waals surface area contributed by atoms with Gasteiger partial charge in [-0.2, -0.15) is 0 Å². The first-order valence-electron chi connectivity index (χ1n) is 7.43. The summed E-state index contributed by atoms with van der Waals surface area (Å²) in [4.78, 5) is 14.7. The zero-order chi connectivity index (χ0) is 16.1. The van der Waals surface area contributed by atoms with Crippen LogP contribution in [0.3, 0.4) is 0 Å². The van der Waals surface area contributed by atoms with Gasteiger partial charge in [0.1, 0.15) is 5.75 Å². The van der Waals surface area contributed by atoms with Gasteiger partial charge in [0.25, 0.3) is 5.91 Å². The van der Waals surface area contributed by atoms with Crippen molar-refractivity contribution in [3.63, 3.8) is 0 Å². The van der Waals surface area contributed by atoms with Crippen LogP contribution >= 0.6 is 0 Å². The van der Waals surface area contributed by atoms with Gasteiger partial charge in [0, 0.05) is 25.2 Å². The second-order valence-corrected chi connectivity index (χ2v) is 5.40. The van der Waals surface area contributed by atoms with E-state index >= 15 is 0 Å². The minimum atomic E-state index is -0.0593. The molecule has 1 aliphatic heterocycles. The Kier molecular flexibility index (Phi) is 5.49. The Bertz CT molecular complexity index is 533. The number of ether oxygens (including phenoxy) is 3. The van der Waals surface area contributed by atoms with Crippen LogP contribution in [-0.4, -0.2) is 51.8 Å². The Morgan fingerprint density at radius 2 is 1.82 bits per heavy atom. The fourth-order valence-corrected chi connectivity index (χ4v) is 2.81. The predicted octanol–water partition coefficient (Wildman–Crippen LogP) is 1.52. The molecule has 1 aliphatic rings. The maximum atomic E-state index is 12.8. The summed E-state index contributed by atoms with van der Waals surface area (Å²) in [7, 11) is 4.64. The van der Waals surface area contributed by atoms with Crippen LogP contribution in [0.25, 0.3) is 0 Å². The van der Waals surface area contributed by atoms with Crippen molar-refractivity contribution >= 4 is 5.91 Å². The van der Waals surface area contributed by atoms with E-state index in [-0.39, 0.29) is 5.91 Å². The highest BCUT2D eigenvalue weighted by Gasteiger charge is 2.27. The molecule has 1 aromatic carbocycles. The summed E-state index contributed by atoms with van der Waals surface area (Å²) in [5, 5.41) is 0. The Morgan fingerprint density at radius 3 is 2.41 bits per heavy atom. The maximum Gasteiger partial charge on any atom is 0.257 e. The molecule has 0 spiro atoms. The molecule has 2 N–H and O–H groups in total. The number of carbonyl (C=O) groups is 1. The van der Waals surface area contributed by atoms with Crippen LogP contribution < -0.4 is 19.9 Å². The molecule has 1 atom stereocenters. The van der Waals surface area contributed by atoms with E-state index in [9.17, 15) is 4.79 Å². The molecular weight excluding hydrogens is 284 g/mol. The number of carbonyl (C=O) groups excluding carboxylic acids is 1. The molecule has 22 heavy (non-hydrogen) atoms. The summed E-state index contributed by atoms with van der Waals surface area (Å²) in [6.45, 7) is 2.03.